The number of hydrogen-bond donors (Lipinski definition) is 0. The van der Waals surface area contributed by atoms with Gasteiger partial charge in [0.25, 0.3) is 0 Å². The van der Waals surface area contributed by atoms with E-state index in [9.17, 15) is 0 Å². The fourth-order valence-corrected chi connectivity index (χ4v) is 5.87. The molecule has 0 saturated carbocycles. The van der Waals surface area contributed by atoms with Gasteiger partial charge in [-0.15, -0.1) is 0 Å². The molecule has 4 atom stereocenters. The average molecular weight is 379 g/mol. The van der Waals surface area contributed by atoms with E-state index in [0.717, 1.165) is 43.0 Å². The summed E-state index contributed by atoms with van der Waals surface area (Å²) in [4.78, 5) is 14.3. The van der Waals surface area contributed by atoms with E-state index in [1.165, 1.54) is 37.8 Å². The van der Waals surface area contributed by atoms with E-state index in [0.29, 0.717) is 12.0 Å². The van der Waals surface area contributed by atoms with Crippen molar-refractivity contribution in [3.63, 3.8) is 0 Å². The molecule has 3 fully saturated rings. The summed E-state index contributed by atoms with van der Waals surface area (Å²) in [6.07, 6.45) is 12.0. The maximum absolute atomic E-state index is 5.47. The lowest BCUT2D eigenvalue weighted by molar-refractivity contribution is -0.0318. The van der Waals surface area contributed by atoms with Gasteiger partial charge in [-0.25, -0.2) is 4.98 Å². The number of methoxy groups -OCH3 is 1. The van der Waals surface area contributed by atoms with Crippen molar-refractivity contribution in [2.24, 2.45) is 11.8 Å². The third kappa shape index (κ3) is 3.37. The van der Waals surface area contributed by atoms with Crippen LogP contribution >= 0.6 is 0 Å². The number of rotatable bonds is 4. The van der Waals surface area contributed by atoms with Crippen molar-refractivity contribution in [3.8, 4) is 5.75 Å². The Hall–Kier alpha value is -2.14. The van der Waals surface area contributed by atoms with E-state index >= 15 is 0 Å². The molecule has 0 aliphatic carbocycles. The molecule has 2 aromatic rings. The zero-order chi connectivity index (χ0) is 18.9. The number of benzene rings is 1. The minimum absolute atomic E-state index is 0.605. The number of fused-ring (bicyclic) bond motifs is 4. The van der Waals surface area contributed by atoms with Crippen LogP contribution in [-0.4, -0.2) is 53.7 Å². The standard InChI is InChI=1S/C23H30N4O/c1-28-20-6-4-5-17(11-20)12-22-19-13-18(21-7-2-3-10-27(21)22)15-26(16-19)23-14-24-8-9-25-23/h4-6,8-9,11,14,18-19,21-22H,2-3,7,10,12-13,15-16H2,1H3/t18-,19+,21+,22+/m1/s1. The zero-order valence-corrected chi connectivity index (χ0v) is 16.7. The summed E-state index contributed by atoms with van der Waals surface area (Å²) in [5.41, 5.74) is 1.39. The van der Waals surface area contributed by atoms with Gasteiger partial charge in [-0.05, 0) is 61.8 Å². The second kappa shape index (κ2) is 7.70. The number of aromatic nitrogens is 2. The zero-order valence-electron chi connectivity index (χ0n) is 16.7. The number of anilines is 1. The molecule has 5 heteroatoms. The minimum Gasteiger partial charge on any atom is -0.497 e. The summed E-state index contributed by atoms with van der Waals surface area (Å²) in [7, 11) is 1.75. The van der Waals surface area contributed by atoms with E-state index in [1.807, 2.05) is 18.5 Å². The van der Waals surface area contributed by atoms with Crippen molar-refractivity contribution in [3.05, 3.63) is 48.4 Å². The normalized spacial score (nSPS) is 30.0. The lowest BCUT2D eigenvalue weighted by Crippen LogP contribution is -2.64. The van der Waals surface area contributed by atoms with Crippen LogP contribution in [0.5, 0.6) is 5.75 Å². The molecule has 0 unspecified atom stereocenters. The van der Waals surface area contributed by atoms with E-state index < -0.39 is 0 Å². The van der Waals surface area contributed by atoms with Crippen molar-refractivity contribution >= 4 is 5.82 Å². The Kier molecular flexibility index (Phi) is 4.93. The van der Waals surface area contributed by atoms with Crippen LogP contribution in [0.15, 0.2) is 42.9 Å². The highest BCUT2D eigenvalue weighted by molar-refractivity contribution is 5.37. The molecule has 3 aliphatic rings. The molecule has 0 radical (unpaired) electrons. The molecule has 0 N–H and O–H groups in total. The number of hydrogen-bond acceptors (Lipinski definition) is 5. The molecule has 0 spiro atoms. The molecule has 28 heavy (non-hydrogen) atoms. The van der Waals surface area contributed by atoms with Crippen molar-refractivity contribution in [2.75, 3.05) is 31.6 Å². The van der Waals surface area contributed by atoms with Gasteiger partial charge in [0, 0.05) is 37.6 Å². The Morgan fingerprint density at radius 3 is 2.93 bits per heavy atom. The van der Waals surface area contributed by atoms with Crippen LogP contribution in [0.3, 0.4) is 0 Å². The lowest BCUT2D eigenvalue weighted by atomic mass is 9.71. The number of ether oxygens (including phenoxy) is 1. The van der Waals surface area contributed by atoms with E-state index in [4.69, 9.17) is 4.74 Å². The largest absolute Gasteiger partial charge is 0.497 e. The highest BCUT2D eigenvalue weighted by Crippen LogP contribution is 2.42. The van der Waals surface area contributed by atoms with E-state index in [2.05, 4.69) is 38.0 Å². The molecule has 5 nitrogen and oxygen atoms in total. The summed E-state index contributed by atoms with van der Waals surface area (Å²) in [6.45, 7) is 3.48. The summed E-state index contributed by atoms with van der Waals surface area (Å²) in [6, 6.07) is 9.97. The fourth-order valence-electron chi connectivity index (χ4n) is 5.87. The molecule has 2 bridgehead atoms. The molecule has 3 aliphatic heterocycles. The Labute approximate surface area is 167 Å². The molecule has 5 rings (SSSR count). The van der Waals surface area contributed by atoms with Crippen molar-refractivity contribution in [1.82, 2.24) is 14.9 Å². The topological polar surface area (TPSA) is 41.5 Å². The van der Waals surface area contributed by atoms with Crippen molar-refractivity contribution < 1.29 is 4.74 Å². The Balaban J connectivity index is 1.43. The highest BCUT2D eigenvalue weighted by Gasteiger charge is 2.47. The van der Waals surface area contributed by atoms with Crippen LogP contribution in [0.4, 0.5) is 5.82 Å². The van der Waals surface area contributed by atoms with Gasteiger partial charge >= 0.3 is 0 Å². The first-order chi connectivity index (χ1) is 13.8. The maximum atomic E-state index is 5.47. The van der Waals surface area contributed by atoms with Crippen LogP contribution in [0.25, 0.3) is 0 Å². The lowest BCUT2D eigenvalue weighted by Gasteiger charge is -2.57. The number of piperidine rings is 3. The first-order valence-electron chi connectivity index (χ1n) is 10.7. The van der Waals surface area contributed by atoms with Crippen LogP contribution < -0.4 is 9.64 Å². The van der Waals surface area contributed by atoms with Gasteiger partial charge in [0.2, 0.25) is 0 Å². The van der Waals surface area contributed by atoms with Gasteiger partial charge in [-0.1, -0.05) is 18.6 Å². The predicted octanol–water partition coefficient (Wildman–Crippen LogP) is 3.41. The van der Waals surface area contributed by atoms with Gasteiger partial charge in [-0.2, -0.15) is 0 Å². The maximum Gasteiger partial charge on any atom is 0.147 e. The Bertz CT molecular complexity index is 798. The summed E-state index contributed by atoms with van der Waals surface area (Å²) in [5, 5.41) is 0. The molecule has 4 heterocycles. The second-order valence-corrected chi connectivity index (χ2v) is 8.65. The van der Waals surface area contributed by atoms with Crippen molar-refractivity contribution in [2.45, 2.75) is 44.2 Å². The highest BCUT2D eigenvalue weighted by atomic mass is 16.5. The molecule has 1 aromatic carbocycles. The van der Waals surface area contributed by atoms with Gasteiger partial charge in [0.1, 0.15) is 11.6 Å². The Morgan fingerprint density at radius 2 is 2.07 bits per heavy atom. The summed E-state index contributed by atoms with van der Waals surface area (Å²) < 4.78 is 5.47. The number of nitrogens with zero attached hydrogens (tertiary/aromatic N) is 4. The SMILES string of the molecule is COc1cccc(C[C@H]2[C@H]3C[C@H](CN(c4cnccn4)C3)[C@@H]3CCCCN32)c1. The monoisotopic (exact) mass is 378 g/mol. The van der Waals surface area contributed by atoms with Crippen molar-refractivity contribution in [1.29, 1.82) is 0 Å². The average Bonchev–Trinajstić information content (AvgIpc) is 2.77. The summed E-state index contributed by atoms with van der Waals surface area (Å²) in [5.74, 6) is 3.44. The van der Waals surface area contributed by atoms with Gasteiger partial charge in [0.05, 0.1) is 13.3 Å². The smallest absolute Gasteiger partial charge is 0.147 e. The quantitative estimate of drug-likeness (QED) is 0.816. The first kappa shape index (κ1) is 17.9. The third-order valence-electron chi connectivity index (χ3n) is 7.07. The van der Waals surface area contributed by atoms with Gasteiger partial charge < -0.3 is 9.64 Å². The summed E-state index contributed by atoms with van der Waals surface area (Å²) >= 11 is 0. The van der Waals surface area contributed by atoms with Crippen LogP contribution in [0, 0.1) is 11.8 Å². The fraction of sp³-hybridized carbons (Fsp3) is 0.565. The predicted molar refractivity (Wildman–Crippen MR) is 111 cm³/mol. The second-order valence-electron chi connectivity index (χ2n) is 8.65. The van der Waals surface area contributed by atoms with Gasteiger partial charge in [0.15, 0.2) is 0 Å². The van der Waals surface area contributed by atoms with E-state index in [-0.39, 0.29) is 0 Å². The van der Waals surface area contributed by atoms with Crippen LogP contribution in [0.1, 0.15) is 31.2 Å². The Morgan fingerprint density at radius 1 is 1.14 bits per heavy atom. The molecule has 148 valence electrons. The van der Waals surface area contributed by atoms with E-state index in [1.54, 1.807) is 13.3 Å². The molecule has 0 amide bonds. The minimum atomic E-state index is 0.605. The molecule has 3 saturated heterocycles. The first-order valence-corrected chi connectivity index (χ1v) is 10.7. The van der Waals surface area contributed by atoms with Crippen LogP contribution in [-0.2, 0) is 6.42 Å². The van der Waals surface area contributed by atoms with Crippen LogP contribution in [0.2, 0.25) is 0 Å². The third-order valence-corrected chi connectivity index (χ3v) is 7.07. The molecular formula is C23H30N4O. The molecular weight excluding hydrogens is 348 g/mol. The molecule has 1 aromatic heterocycles. The van der Waals surface area contributed by atoms with Gasteiger partial charge in [-0.3, -0.25) is 9.88 Å².